The van der Waals surface area contributed by atoms with Gasteiger partial charge in [-0.3, -0.25) is 4.79 Å². The van der Waals surface area contributed by atoms with Crippen LogP contribution in [0.3, 0.4) is 0 Å². The molecule has 1 aromatic rings. The number of rotatable bonds is 4. The topological polar surface area (TPSA) is 58.6 Å². The molecule has 1 aliphatic heterocycles. The first-order chi connectivity index (χ1) is 12.2. The molecule has 2 amide bonds. The lowest BCUT2D eigenvalue weighted by molar-refractivity contribution is -0.126. The third kappa shape index (κ3) is 6.04. The molecule has 0 aliphatic carbocycles. The minimum Gasteiger partial charge on any atom is -0.444 e. The van der Waals surface area contributed by atoms with Gasteiger partial charge in [-0.15, -0.1) is 0 Å². The molecule has 1 N–H and O–H groups in total. The molecule has 1 fully saturated rings. The second-order valence-electron chi connectivity index (χ2n) is 8.38. The van der Waals surface area contributed by atoms with Gasteiger partial charge in [0.25, 0.3) is 0 Å². The van der Waals surface area contributed by atoms with Gasteiger partial charge in [0.1, 0.15) is 5.60 Å². The van der Waals surface area contributed by atoms with Crippen LogP contribution in [0.2, 0.25) is 0 Å². The summed E-state index contributed by atoms with van der Waals surface area (Å²) < 4.78 is 5.42. The second kappa shape index (κ2) is 8.56. The van der Waals surface area contributed by atoms with Crippen molar-refractivity contribution < 1.29 is 14.3 Å². The van der Waals surface area contributed by atoms with Crippen LogP contribution in [0, 0.1) is 5.92 Å². The number of hydrogen-bond acceptors (Lipinski definition) is 3. The van der Waals surface area contributed by atoms with Crippen LogP contribution >= 0.6 is 0 Å². The van der Waals surface area contributed by atoms with E-state index in [2.05, 4.69) is 43.4 Å². The molecule has 1 heterocycles. The van der Waals surface area contributed by atoms with Gasteiger partial charge in [0, 0.05) is 19.6 Å². The summed E-state index contributed by atoms with van der Waals surface area (Å²) in [5, 5.41) is 3.01. The van der Waals surface area contributed by atoms with Crippen LogP contribution in [0.5, 0.6) is 0 Å². The Morgan fingerprint density at radius 2 is 1.88 bits per heavy atom. The Hall–Kier alpha value is -2.04. The average molecular weight is 360 g/mol. The number of nitrogens with zero attached hydrogens (tertiary/aromatic N) is 1. The minimum atomic E-state index is -0.519. The van der Waals surface area contributed by atoms with Gasteiger partial charge in [0.05, 0.1) is 5.92 Å². The van der Waals surface area contributed by atoms with Crippen molar-refractivity contribution in [1.29, 1.82) is 0 Å². The Balaban J connectivity index is 1.85. The number of carbonyl (C=O) groups is 2. The highest BCUT2D eigenvalue weighted by Gasteiger charge is 2.30. The van der Waals surface area contributed by atoms with Crippen molar-refractivity contribution in [3.8, 4) is 0 Å². The van der Waals surface area contributed by atoms with E-state index in [9.17, 15) is 9.59 Å². The Bertz CT molecular complexity index is 617. The summed E-state index contributed by atoms with van der Waals surface area (Å²) in [5.74, 6) is 0.331. The summed E-state index contributed by atoms with van der Waals surface area (Å²) in [5.41, 5.74) is 1.86. The van der Waals surface area contributed by atoms with Gasteiger partial charge in [-0.2, -0.15) is 0 Å². The largest absolute Gasteiger partial charge is 0.444 e. The molecule has 5 heteroatoms. The summed E-state index contributed by atoms with van der Waals surface area (Å²) >= 11 is 0. The van der Waals surface area contributed by atoms with Gasteiger partial charge in [0.15, 0.2) is 0 Å². The van der Waals surface area contributed by atoms with Crippen LogP contribution in [-0.2, 0) is 16.1 Å². The highest BCUT2D eigenvalue weighted by Crippen LogP contribution is 2.20. The zero-order chi connectivity index (χ0) is 19.3. The maximum absolute atomic E-state index is 12.5. The second-order valence-corrected chi connectivity index (χ2v) is 8.38. The Morgan fingerprint density at radius 1 is 1.23 bits per heavy atom. The first kappa shape index (κ1) is 20.3. The van der Waals surface area contributed by atoms with Crippen molar-refractivity contribution in [2.24, 2.45) is 5.92 Å². The molecule has 0 radical (unpaired) electrons. The molecule has 2 rings (SSSR count). The van der Waals surface area contributed by atoms with E-state index >= 15 is 0 Å². The van der Waals surface area contributed by atoms with Gasteiger partial charge in [-0.1, -0.05) is 38.1 Å². The minimum absolute atomic E-state index is 0.00574. The number of amides is 2. The van der Waals surface area contributed by atoms with Gasteiger partial charge in [-0.25, -0.2) is 4.79 Å². The zero-order valence-corrected chi connectivity index (χ0v) is 16.7. The average Bonchev–Trinajstić information content (AvgIpc) is 2.58. The van der Waals surface area contributed by atoms with Crippen molar-refractivity contribution in [2.75, 3.05) is 13.1 Å². The molecule has 0 aromatic heterocycles. The van der Waals surface area contributed by atoms with Gasteiger partial charge in [0.2, 0.25) is 5.91 Å². The van der Waals surface area contributed by atoms with E-state index in [0.29, 0.717) is 25.6 Å². The van der Waals surface area contributed by atoms with Crippen LogP contribution in [0.4, 0.5) is 4.79 Å². The molecule has 5 nitrogen and oxygen atoms in total. The lowest BCUT2D eigenvalue weighted by Gasteiger charge is -2.33. The fourth-order valence-corrected chi connectivity index (χ4v) is 3.04. The molecular formula is C21H32N2O3. The third-order valence-corrected chi connectivity index (χ3v) is 4.56. The molecular weight excluding hydrogens is 328 g/mol. The fraction of sp³-hybridized carbons (Fsp3) is 0.619. The molecule has 1 aliphatic rings. The van der Waals surface area contributed by atoms with Crippen molar-refractivity contribution in [3.63, 3.8) is 0 Å². The molecule has 26 heavy (non-hydrogen) atoms. The van der Waals surface area contributed by atoms with E-state index in [4.69, 9.17) is 4.74 Å². The van der Waals surface area contributed by atoms with E-state index in [1.54, 1.807) is 4.90 Å². The molecule has 1 saturated heterocycles. The maximum atomic E-state index is 12.5. The van der Waals surface area contributed by atoms with Crippen LogP contribution in [0.25, 0.3) is 0 Å². The number of hydrogen-bond donors (Lipinski definition) is 1. The van der Waals surface area contributed by atoms with Crippen molar-refractivity contribution >= 4 is 12.0 Å². The Labute approximate surface area is 157 Å². The standard InChI is InChI=1S/C21H32N2O3/c1-15(2)17-10-8-16(9-11-17)13-22-19(24)18-7-6-12-23(14-18)20(25)26-21(3,4)5/h8-11,15,18H,6-7,12-14H2,1-5H3,(H,22,24). The number of nitrogens with one attached hydrogen (secondary N) is 1. The Kier molecular flexibility index (Phi) is 6.68. The third-order valence-electron chi connectivity index (χ3n) is 4.56. The highest BCUT2D eigenvalue weighted by atomic mass is 16.6. The summed E-state index contributed by atoms with van der Waals surface area (Å²) in [6, 6.07) is 8.33. The monoisotopic (exact) mass is 360 g/mol. The van der Waals surface area contributed by atoms with E-state index in [1.807, 2.05) is 20.8 Å². The predicted molar refractivity (Wildman–Crippen MR) is 103 cm³/mol. The number of benzene rings is 1. The first-order valence-corrected chi connectivity index (χ1v) is 9.50. The molecule has 0 spiro atoms. The zero-order valence-electron chi connectivity index (χ0n) is 16.7. The smallest absolute Gasteiger partial charge is 0.410 e. The van der Waals surface area contributed by atoms with Crippen LogP contribution in [0.15, 0.2) is 24.3 Å². The summed E-state index contributed by atoms with van der Waals surface area (Å²) in [7, 11) is 0. The molecule has 144 valence electrons. The van der Waals surface area contributed by atoms with Gasteiger partial charge < -0.3 is 15.0 Å². The molecule has 0 bridgehead atoms. The van der Waals surface area contributed by atoms with Crippen LogP contribution in [-0.4, -0.2) is 35.6 Å². The number of piperidine rings is 1. The summed E-state index contributed by atoms with van der Waals surface area (Å²) in [6.45, 7) is 11.5. The molecule has 1 unspecified atom stereocenters. The van der Waals surface area contributed by atoms with E-state index in [0.717, 1.165) is 18.4 Å². The number of likely N-dealkylation sites (tertiary alicyclic amines) is 1. The van der Waals surface area contributed by atoms with E-state index in [1.165, 1.54) is 5.56 Å². The van der Waals surface area contributed by atoms with Crippen molar-refractivity contribution in [3.05, 3.63) is 35.4 Å². The molecule has 1 atom stereocenters. The SMILES string of the molecule is CC(C)c1ccc(CNC(=O)C2CCCN(C(=O)OC(C)(C)C)C2)cc1. The number of ether oxygens (including phenoxy) is 1. The predicted octanol–water partition coefficient (Wildman–Crippen LogP) is 4.07. The normalized spacial score (nSPS) is 17.9. The van der Waals surface area contributed by atoms with E-state index in [-0.39, 0.29) is 17.9 Å². The summed E-state index contributed by atoms with van der Waals surface area (Å²) in [4.78, 5) is 26.4. The van der Waals surface area contributed by atoms with Crippen LogP contribution < -0.4 is 5.32 Å². The van der Waals surface area contributed by atoms with Crippen molar-refractivity contribution in [2.45, 2.75) is 65.5 Å². The lowest BCUT2D eigenvalue weighted by atomic mass is 9.97. The number of carbonyl (C=O) groups excluding carboxylic acids is 2. The molecule has 0 saturated carbocycles. The summed E-state index contributed by atoms with van der Waals surface area (Å²) in [6.07, 6.45) is 1.29. The lowest BCUT2D eigenvalue weighted by Crippen LogP contribution is -2.46. The fourth-order valence-electron chi connectivity index (χ4n) is 3.04. The van der Waals surface area contributed by atoms with Gasteiger partial charge in [-0.05, 0) is 50.7 Å². The van der Waals surface area contributed by atoms with Gasteiger partial charge >= 0.3 is 6.09 Å². The van der Waals surface area contributed by atoms with E-state index < -0.39 is 5.60 Å². The van der Waals surface area contributed by atoms with Crippen molar-refractivity contribution in [1.82, 2.24) is 10.2 Å². The quantitative estimate of drug-likeness (QED) is 0.880. The maximum Gasteiger partial charge on any atom is 0.410 e. The molecule has 1 aromatic carbocycles. The van der Waals surface area contributed by atoms with Crippen LogP contribution in [0.1, 0.15) is 64.5 Å². The first-order valence-electron chi connectivity index (χ1n) is 9.50. The highest BCUT2D eigenvalue weighted by molar-refractivity contribution is 5.80. The Morgan fingerprint density at radius 3 is 2.46 bits per heavy atom.